The van der Waals surface area contributed by atoms with Crippen LogP contribution in [0.25, 0.3) is 0 Å². The van der Waals surface area contributed by atoms with E-state index in [2.05, 4.69) is 34.0 Å². The van der Waals surface area contributed by atoms with Gasteiger partial charge in [-0.3, -0.25) is 0 Å². The molecule has 1 aromatic rings. The van der Waals surface area contributed by atoms with Crippen molar-refractivity contribution in [3.05, 3.63) is 18.2 Å². The molecule has 0 bridgehead atoms. The number of aromatic nitrogens is 2. The lowest BCUT2D eigenvalue weighted by Gasteiger charge is -2.26. The molecule has 0 saturated carbocycles. The quantitative estimate of drug-likeness (QED) is 0.826. The summed E-state index contributed by atoms with van der Waals surface area (Å²) in [5.74, 6) is 3.65. The van der Waals surface area contributed by atoms with E-state index < -0.39 is 0 Å². The molecule has 0 aliphatic carbocycles. The summed E-state index contributed by atoms with van der Waals surface area (Å²) >= 11 is 2.06. The first kappa shape index (κ1) is 11.0. The first-order chi connectivity index (χ1) is 7.40. The molecule has 2 rings (SSSR count). The molecule has 2 heterocycles. The zero-order valence-corrected chi connectivity index (χ0v) is 10.0. The van der Waals surface area contributed by atoms with Crippen molar-refractivity contribution in [3.8, 4) is 0 Å². The first-order valence-electron chi connectivity index (χ1n) is 5.73. The predicted octanol–water partition coefficient (Wildman–Crippen LogP) is 2.35. The fraction of sp³-hybridized carbons (Fsp3) is 0.727. The highest BCUT2D eigenvalue weighted by molar-refractivity contribution is 7.99. The summed E-state index contributed by atoms with van der Waals surface area (Å²) in [7, 11) is 0. The molecule has 1 saturated heterocycles. The van der Waals surface area contributed by atoms with E-state index in [1.165, 1.54) is 24.3 Å². The summed E-state index contributed by atoms with van der Waals surface area (Å²) < 4.78 is 0. The van der Waals surface area contributed by atoms with Gasteiger partial charge in [-0.15, -0.1) is 0 Å². The number of thioether (sulfide) groups is 1. The fourth-order valence-corrected chi connectivity index (χ4v) is 3.10. The molecule has 2 N–H and O–H groups in total. The van der Waals surface area contributed by atoms with Crippen LogP contribution in [0.3, 0.4) is 0 Å². The number of H-pyrrole nitrogens is 1. The van der Waals surface area contributed by atoms with Crippen LogP contribution in [0.2, 0.25) is 0 Å². The molecule has 0 spiro atoms. The minimum Gasteiger partial charge on any atom is -0.347 e. The van der Waals surface area contributed by atoms with Gasteiger partial charge in [-0.2, -0.15) is 11.8 Å². The third-order valence-electron chi connectivity index (χ3n) is 2.85. The molecule has 15 heavy (non-hydrogen) atoms. The van der Waals surface area contributed by atoms with Crippen molar-refractivity contribution in [2.24, 2.45) is 0 Å². The number of nitrogens with zero attached hydrogens (tertiary/aromatic N) is 1. The second-order valence-corrected chi connectivity index (χ2v) is 5.17. The summed E-state index contributed by atoms with van der Waals surface area (Å²) in [5, 5.41) is 3.69. The molecule has 1 aliphatic rings. The Labute approximate surface area is 95.4 Å². The van der Waals surface area contributed by atoms with E-state index in [-0.39, 0.29) is 0 Å². The number of hydrogen-bond donors (Lipinski definition) is 2. The van der Waals surface area contributed by atoms with E-state index in [4.69, 9.17) is 0 Å². The third-order valence-corrected chi connectivity index (χ3v) is 4.07. The van der Waals surface area contributed by atoms with Crippen LogP contribution in [0.1, 0.15) is 38.1 Å². The van der Waals surface area contributed by atoms with E-state index in [1.807, 2.05) is 12.4 Å². The van der Waals surface area contributed by atoms with Crippen molar-refractivity contribution < 1.29 is 0 Å². The number of nitrogens with one attached hydrogen (secondary N) is 2. The number of hydrogen-bond acceptors (Lipinski definition) is 3. The summed E-state index contributed by atoms with van der Waals surface area (Å²) in [5.41, 5.74) is 0. The van der Waals surface area contributed by atoms with Crippen LogP contribution in [0.4, 0.5) is 0 Å². The average Bonchev–Trinajstić information content (AvgIpc) is 2.81. The third kappa shape index (κ3) is 2.98. The molecular formula is C11H19N3S. The summed E-state index contributed by atoms with van der Waals surface area (Å²) in [6.07, 6.45) is 7.47. The lowest BCUT2D eigenvalue weighted by molar-refractivity contribution is 0.413. The van der Waals surface area contributed by atoms with E-state index in [1.54, 1.807) is 0 Å². The molecule has 1 aliphatic heterocycles. The maximum absolute atomic E-state index is 4.33. The van der Waals surface area contributed by atoms with E-state index in [9.17, 15) is 0 Å². The van der Waals surface area contributed by atoms with Gasteiger partial charge in [0.25, 0.3) is 0 Å². The normalized spacial score (nSPS) is 23.9. The van der Waals surface area contributed by atoms with E-state index in [0.29, 0.717) is 12.1 Å². The fourth-order valence-electron chi connectivity index (χ4n) is 2.01. The largest absolute Gasteiger partial charge is 0.347 e. The lowest BCUT2D eigenvalue weighted by atomic mass is 10.1. The zero-order valence-electron chi connectivity index (χ0n) is 9.20. The Kier molecular flexibility index (Phi) is 4.09. The van der Waals surface area contributed by atoms with Crippen molar-refractivity contribution in [2.45, 2.75) is 38.3 Å². The summed E-state index contributed by atoms with van der Waals surface area (Å²) in [6, 6.07) is 1.06. The van der Waals surface area contributed by atoms with Gasteiger partial charge in [0.15, 0.2) is 0 Å². The SMILES string of the molecule is CCC(NC1CCCSC1)c1ncc[nH]1. The van der Waals surface area contributed by atoms with Crippen LogP contribution in [0.5, 0.6) is 0 Å². The molecule has 4 heteroatoms. The van der Waals surface area contributed by atoms with Crippen LogP contribution in [0.15, 0.2) is 12.4 Å². The first-order valence-corrected chi connectivity index (χ1v) is 6.88. The smallest absolute Gasteiger partial charge is 0.123 e. The Morgan fingerprint density at radius 3 is 3.27 bits per heavy atom. The second kappa shape index (κ2) is 5.56. The van der Waals surface area contributed by atoms with Crippen molar-refractivity contribution in [1.29, 1.82) is 0 Å². The molecule has 1 fully saturated rings. The van der Waals surface area contributed by atoms with Gasteiger partial charge in [0, 0.05) is 24.2 Å². The van der Waals surface area contributed by atoms with Gasteiger partial charge in [0.1, 0.15) is 5.82 Å². The molecule has 1 aromatic heterocycles. The van der Waals surface area contributed by atoms with Gasteiger partial charge in [-0.05, 0) is 25.0 Å². The average molecular weight is 225 g/mol. The predicted molar refractivity (Wildman–Crippen MR) is 65.1 cm³/mol. The highest BCUT2D eigenvalue weighted by atomic mass is 32.2. The highest BCUT2D eigenvalue weighted by Gasteiger charge is 2.19. The van der Waals surface area contributed by atoms with Crippen LogP contribution in [0, 0.1) is 0 Å². The van der Waals surface area contributed by atoms with Crippen molar-refractivity contribution >= 4 is 11.8 Å². The van der Waals surface area contributed by atoms with Gasteiger partial charge < -0.3 is 10.3 Å². The van der Waals surface area contributed by atoms with Gasteiger partial charge in [-0.1, -0.05) is 6.92 Å². The minimum atomic E-state index is 0.392. The molecule has 3 nitrogen and oxygen atoms in total. The van der Waals surface area contributed by atoms with Gasteiger partial charge in [0.05, 0.1) is 6.04 Å². The van der Waals surface area contributed by atoms with E-state index in [0.717, 1.165) is 12.2 Å². The second-order valence-electron chi connectivity index (χ2n) is 4.02. The monoisotopic (exact) mass is 225 g/mol. The Morgan fingerprint density at radius 1 is 1.73 bits per heavy atom. The number of imidazole rings is 1. The maximum Gasteiger partial charge on any atom is 0.123 e. The van der Waals surface area contributed by atoms with E-state index >= 15 is 0 Å². The Balaban J connectivity index is 1.90. The van der Waals surface area contributed by atoms with Gasteiger partial charge >= 0.3 is 0 Å². The molecular weight excluding hydrogens is 206 g/mol. The topological polar surface area (TPSA) is 40.7 Å². The van der Waals surface area contributed by atoms with Crippen LogP contribution in [-0.2, 0) is 0 Å². The Bertz CT molecular complexity index is 267. The Hall–Kier alpha value is -0.480. The lowest BCUT2D eigenvalue weighted by Crippen LogP contribution is -2.36. The van der Waals surface area contributed by atoms with Crippen molar-refractivity contribution in [1.82, 2.24) is 15.3 Å². The van der Waals surface area contributed by atoms with Crippen LogP contribution >= 0.6 is 11.8 Å². The molecule has 2 unspecified atom stereocenters. The number of aromatic amines is 1. The van der Waals surface area contributed by atoms with Crippen molar-refractivity contribution in [3.63, 3.8) is 0 Å². The van der Waals surface area contributed by atoms with Gasteiger partial charge in [0.2, 0.25) is 0 Å². The number of rotatable bonds is 4. The Morgan fingerprint density at radius 2 is 2.67 bits per heavy atom. The van der Waals surface area contributed by atoms with Crippen LogP contribution in [-0.4, -0.2) is 27.5 Å². The minimum absolute atomic E-state index is 0.392. The maximum atomic E-state index is 4.33. The molecule has 0 aromatic carbocycles. The zero-order chi connectivity index (χ0) is 10.5. The molecule has 84 valence electrons. The molecule has 0 amide bonds. The standard InChI is InChI=1S/C11H19N3S/c1-2-10(11-12-5-6-13-11)14-9-4-3-7-15-8-9/h5-6,9-10,14H,2-4,7-8H2,1H3,(H,12,13). The highest BCUT2D eigenvalue weighted by Crippen LogP contribution is 2.21. The van der Waals surface area contributed by atoms with Crippen molar-refractivity contribution in [2.75, 3.05) is 11.5 Å². The summed E-state index contributed by atoms with van der Waals surface area (Å²) in [4.78, 5) is 7.53. The van der Waals surface area contributed by atoms with Gasteiger partial charge in [-0.25, -0.2) is 4.98 Å². The van der Waals surface area contributed by atoms with Crippen LogP contribution < -0.4 is 5.32 Å². The molecule has 0 radical (unpaired) electrons. The molecule has 2 atom stereocenters. The summed E-state index contributed by atoms with van der Waals surface area (Å²) in [6.45, 7) is 2.20.